The van der Waals surface area contributed by atoms with Gasteiger partial charge in [-0.15, -0.1) is 0 Å². The summed E-state index contributed by atoms with van der Waals surface area (Å²) in [6.07, 6.45) is 2.30. The lowest BCUT2D eigenvalue weighted by Gasteiger charge is -2.30. The first-order chi connectivity index (χ1) is 19.0. The van der Waals surface area contributed by atoms with Crippen LogP contribution >= 0.6 is 11.6 Å². The SMILES string of the molecule is CCNC(=O)CC.COc1cc(S(=O)(=O)N2CCOc3ccc(/C=C(\C)c4c(F)cccc4Cl)cc32)ccc1F. The Hall–Kier alpha value is -3.63. The quantitative estimate of drug-likeness (QED) is 0.325. The number of methoxy groups -OCH3 is 1. The number of halogens is 3. The van der Waals surface area contributed by atoms with E-state index in [2.05, 4.69) is 5.32 Å². The van der Waals surface area contributed by atoms with E-state index < -0.39 is 21.7 Å². The Kier molecular flexibility index (Phi) is 10.5. The van der Waals surface area contributed by atoms with Gasteiger partial charge in [0.2, 0.25) is 5.91 Å². The van der Waals surface area contributed by atoms with Crippen LogP contribution in [0.5, 0.6) is 11.5 Å². The van der Waals surface area contributed by atoms with Crippen molar-refractivity contribution in [3.63, 3.8) is 0 Å². The van der Waals surface area contributed by atoms with E-state index in [9.17, 15) is 22.0 Å². The Labute approximate surface area is 238 Å². The molecule has 0 radical (unpaired) electrons. The van der Waals surface area contributed by atoms with Crippen molar-refractivity contribution >= 4 is 44.9 Å². The Morgan fingerprint density at radius 2 is 1.88 bits per heavy atom. The molecule has 1 aliphatic heterocycles. The van der Waals surface area contributed by atoms with Crippen LogP contribution < -0.4 is 19.1 Å². The van der Waals surface area contributed by atoms with Crippen molar-refractivity contribution in [1.82, 2.24) is 5.32 Å². The van der Waals surface area contributed by atoms with Gasteiger partial charge in [-0.2, -0.15) is 0 Å². The van der Waals surface area contributed by atoms with Gasteiger partial charge in [-0.05, 0) is 61.4 Å². The molecular formula is C29H31ClF2N2O5S. The number of hydrogen-bond donors (Lipinski definition) is 1. The highest BCUT2D eigenvalue weighted by Crippen LogP contribution is 2.38. The first-order valence-corrected chi connectivity index (χ1v) is 14.4. The van der Waals surface area contributed by atoms with E-state index in [1.165, 1.54) is 29.6 Å². The number of benzene rings is 3. The zero-order valence-electron chi connectivity index (χ0n) is 22.6. The normalized spacial score (nSPS) is 13.0. The maximum Gasteiger partial charge on any atom is 0.264 e. The fraction of sp³-hybridized carbons (Fsp3) is 0.276. The van der Waals surface area contributed by atoms with E-state index in [-0.39, 0.29) is 40.3 Å². The van der Waals surface area contributed by atoms with E-state index in [1.54, 1.807) is 37.3 Å². The number of hydrogen-bond acceptors (Lipinski definition) is 5. The van der Waals surface area contributed by atoms with Crippen molar-refractivity contribution in [2.24, 2.45) is 0 Å². The summed E-state index contributed by atoms with van der Waals surface area (Å²) in [6, 6.07) is 12.9. The molecule has 0 aromatic heterocycles. The minimum absolute atomic E-state index is 0.0698. The van der Waals surface area contributed by atoms with Crippen molar-refractivity contribution in [3.8, 4) is 11.5 Å². The fourth-order valence-corrected chi connectivity index (χ4v) is 5.78. The molecule has 40 heavy (non-hydrogen) atoms. The molecular weight excluding hydrogens is 562 g/mol. The van der Waals surface area contributed by atoms with E-state index in [0.29, 0.717) is 29.0 Å². The van der Waals surface area contributed by atoms with Crippen molar-refractivity contribution < 1.29 is 31.5 Å². The molecule has 1 heterocycles. The molecule has 0 saturated heterocycles. The number of sulfonamides is 1. The molecule has 7 nitrogen and oxygen atoms in total. The van der Waals surface area contributed by atoms with Gasteiger partial charge in [0.25, 0.3) is 10.0 Å². The second-order valence-electron chi connectivity index (χ2n) is 8.68. The lowest BCUT2D eigenvalue weighted by atomic mass is 10.0. The predicted octanol–water partition coefficient (Wildman–Crippen LogP) is 6.31. The van der Waals surface area contributed by atoms with Gasteiger partial charge < -0.3 is 14.8 Å². The van der Waals surface area contributed by atoms with Crippen LogP contribution in [-0.4, -0.2) is 41.1 Å². The summed E-state index contributed by atoms with van der Waals surface area (Å²) in [7, 11) is -2.77. The second kappa shape index (κ2) is 13.6. The molecule has 1 amide bonds. The summed E-state index contributed by atoms with van der Waals surface area (Å²) < 4.78 is 66.7. The first-order valence-electron chi connectivity index (χ1n) is 12.6. The molecule has 3 aromatic carbocycles. The lowest BCUT2D eigenvalue weighted by Crippen LogP contribution is -2.38. The monoisotopic (exact) mass is 592 g/mol. The molecule has 0 unspecified atom stereocenters. The molecule has 4 rings (SSSR count). The number of allylic oxidation sites excluding steroid dienone is 1. The van der Waals surface area contributed by atoms with Gasteiger partial charge in [-0.3, -0.25) is 9.10 Å². The summed E-state index contributed by atoms with van der Waals surface area (Å²) in [5.41, 5.74) is 1.81. The van der Waals surface area contributed by atoms with Gasteiger partial charge >= 0.3 is 0 Å². The molecule has 3 aromatic rings. The molecule has 0 fully saturated rings. The fourth-order valence-electron chi connectivity index (χ4n) is 4.00. The number of fused-ring (bicyclic) bond motifs is 1. The van der Waals surface area contributed by atoms with E-state index in [4.69, 9.17) is 21.1 Å². The van der Waals surface area contributed by atoms with Crippen LogP contribution in [0.3, 0.4) is 0 Å². The number of nitrogens with zero attached hydrogens (tertiary/aromatic N) is 1. The summed E-state index contributed by atoms with van der Waals surface area (Å²) in [4.78, 5) is 10.2. The molecule has 0 saturated carbocycles. The van der Waals surface area contributed by atoms with E-state index >= 15 is 0 Å². The number of amides is 1. The second-order valence-corrected chi connectivity index (χ2v) is 10.9. The highest BCUT2D eigenvalue weighted by Gasteiger charge is 2.31. The van der Waals surface area contributed by atoms with Gasteiger partial charge in [0, 0.05) is 24.6 Å². The molecule has 214 valence electrons. The average molecular weight is 593 g/mol. The van der Waals surface area contributed by atoms with Crippen molar-refractivity contribution in [2.45, 2.75) is 32.1 Å². The number of carbonyl (C=O) groups excluding carboxylic acids is 1. The molecule has 0 spiro atoms. The van der Waals surface area contributed by atoms with Gasteiger partial charge in [-0.25, -0.2) is 17.2 Å². The Morgan fingerprint density at radius 1 is 1.12 bits per heavy atom. The van der Waals surface area contributed by atoms with Crippen LogP contribution in [0.1, 0.15) is 38.3 Å². The van der Waals surface area contributed by atoms with Gasteiger partial charge in [-0.1, -0.05) is 36.7 Å². The molecule has 0 bridgehead atoms. The smallest absolute Gasteiger partial charge is 0.264 e. The van der Waals surface area contributed by atoms with Crippen LogP contribution in [0, 0.1) is 11.6 Å². The third kappa shape index (κ3) is 7.11. The standard InChI is InChI=1S/C24H20ClF2NO4S.C5H11NO/c1-15(24-18(25)4-3-5-20(24)27)12-16-6-9-22-21(13-16)28(10-11-32-22)33(29,30)17-7-8-19(26)23(14-17)31-2;1-3-5(7)6-4-2/h3-9,12-14H,10-11H2,1-2H3;3-4H2,1-2H3,(H,6,7)/b15-12+;. The molecule has 11 heteroatoms. The highest BCUT2D eigenvalue weighted by molar-refractivity contribution is 7.92. The van der Waals surface area contributed by atoms with Crippen molar-refractivity contribution in [2.75, 3.05) is 31.1 Å². The third-order valence-corrected chi connectivity index (χ3v) is 8.07. The van der Waals surface area contributed by atoms with E-state index in [1.807, 2.05) is 13.8 Å². The maximum atomic E-state index is 14.3. The van der Waals surface area contributed by atoms with Crippen LogP contribution in [-0.2, 0) is 14.8 Å². The summed E-state index contributed by atoms with van der Waals surface area (Å²) in [5.74, 6) is -0.765. The first kappa shape index (κ1) is 30.9. The van der Waals surface area contributed by atoms with Crippen LogP contribution in [0.15, 0.2) is 59.5 Å². The van der Waals surface area contributed by atoms with Crippen LogP contribution in [0.2, 0.25) is 5.02 Å². The highest BCUT2D eigenvalue weighted by atomic mass is 35.5. The number of ether oxygens (including phenoxy) is 2. The minimum Gasteiger partial charge on any atom is -0.494 e. The maximum absolute atomic E-state index is 14.3. The average Bonchev–Trinajstić information content (AvgIpc) is 2.93. The zero-order valence-corrected chi connectivity index (χ0v) is 24.2. The van der Waals surface area contributed by atoms with Gasteiger partial charge in [0.05, 0.1) is 29.3 Å². The summed E-state index contributed by atoms with van der Waals surface area (Å²) >= 11 is 6.17. The van der Waals surface area contributed by atoms with Crippen molar-refractivity contribution in [3.05, 3.63) is 82.4 Å². The topological polar surface area (TPSA) is 84.9 Å². The van der Waals surface area contributed by atoms with Crippen molar-refractivity contribution in [1.29, 1.82) is 0 Å². The van der Waals surface area contributed by atoms with Crippen LogP contribution in [0.4, 0.5) is 14.5 Å². The summed E-state index contributed by atoms with van der Waals surface area (Å²) in [6.45, 7) is 6.44. The third-order valence-electron chi connectivity index (χ3n) is 5.95. The van der Waals surface area contributed by atoms with Gasteiger partial charge in [0.1, 0.15) is 18.2 Å². The van der Waals surface area contributed by atoms with Gasteiger partial charge in [0.15, 0.2) is 11.6 Å². The summed E-state index contributed by atoms with van der Waals surface area (Å²) in [5, 5.41) is 2.93. The number of anilines is 1. The molecule has 1 aliphatic rings. The molecule has 1 N–H and O–H groups in total. The zero-order chi connectivity index (χ0) is 29.4. The number of rotatable bonds is 7. The van der Waals surface area contributed by atoms with Crippen LogP contribution in [0.25, 0.3) is 11.6 Å². The Morgan fingerprint density at radius 3 is 2.50 bits per heavy atom. The molecule has 0 aliphatic carbocycles. The predicted molar refractivity (Wildman–Crippen MR) is 153 cm³/mol. The largest absolute Gasteiger partial charge is 0.494 e. The number of carbonyl (C=O) groups is 1. The number of nitrogens with one attached hydrogen (secondary N) is 1. The molecule has 0 atom stereocenters. The lowest BCUT2D eigenvalue weighted by molar-refractivity contribution is -0.120. The Bertz CT molecular complexity index is 1490. The minimum atomic E-state index is -4.03. The Balaban J connectivity index is 0.000000559. The van der Waals surface area contributed by atoms with E-state index in [0.717, 1.165) is 18.7 Å².